The number of carbonyl (C=O) groups is 2. The first-order valence-electron chi connectivity index (χ1n) is 9.65. The summed E-state index contributed by atoms with van der Waals surface area (Å²) in [4.78, 5) is 28.7. The molecule has 3 rings (SSSR count). The number of rotatable bonds is 8. The molecule has 0 spiro atoms. The fourth-order valence-corrected chi connectivity index (χ4v) is 2.71. The molecule has 1 amide bonds. The number of H-pyrrole nitrogens is 1. The Morgan fingerprint density at radius 3 is 2.94 bits per heavy atom. The first-order valence-corrected chi connectivity index (χ1v) is 9.65. The number of anilines is 1. The maximum absolute atomic E-state index is 12.6. The Labute approximate surface area is 179 Å². The second kappa shape index (κ2) is 10.7. The molecule has 0 aromatic carbocycles. The lowest BCUT2D eigenvalue weighted by Crippen LogP contribution is -2.16. The predicted molar refractivity (Wildman–Crippen MR) is 114 cm³/mol. The summed E-state index contributed by atoms with van der Waals surface area (Å²) in [6.45, 7) is 1.43. The van der Waals surface area contributed by atoms with E-state index in [-0.39, 0.29) is 17.1 Å². The minimum Gasteiger partial charge on any atom is -0.464 e. The van der Waals surface area contributed by atoms with Gasteiger partial charge in [0.2, 0.25) is 0 Å². The number of pyridine rings is 1. The lowest BCUT2D eigenvalue weighted by atomic mass is 10.2. The zero-order valence-corrected chi connectivity index (χ0v) is 17.3. The highest BCUT2D eigenvalue weighted by atomic mass is 16.5. The van der Waals surface area contributed by atoms with E-state index in [0.717, 1.165) is 24.9 Å². The van der Waals surface area contributed by atoms with Crippen LogP contribution < -0.4 is 10.6 Å². The van der Waals surface area contributed by atoms with E-state index in [2.05, 4.69) is 47.5 Å². The van der Waals surface area contributed by atoms with E-state index in [1.165, 1.54) is 13.3 Å². The van der Waals surface area contributed by atoms with Crippen LogP contribution in [-0.2, 0) is 11.3 Å². The van der Waals surface area contributed by atoms with Gasteiger partial charge in [-0.3, -0.25) is 14.6 Å². The average molecular weight is 421 g/mol. The molecule has 0 aliphatic carbocycles. The molecule has 10 nitrogen and oxygen atoms in total. The summed E-state index contributed by atoms with van der Waals surface area (Å²) in [7, 11) is 3.16. The van der Waals surface area contributed by atoms with Crippen LogP contribution in [0.15, 0.2) is 36.8 Å². The standard InChI is InChI=1S/C21H23N7O3/c1-22-10-5-3-4-6-11-28-14-15(12-24-28)16-8-7-9-17(25-16)20(29)26-18-13-23-27-19(18)21(30)31-2/h7-9,12-14,22H,3,5,10-11H2,1-2H3,(H,23,27)(H,26,29). The molecule has 160 valence electrons. The Balaban J connectivity index is 1.67. The highest BCUT2D eigenvalue weighted by molar-refractivity contribution is 6.06. The number of hydrogen-bond acceptors (Lipinski definition) is 7. The van der Waals surface area contributed by atoms with E-state index >= 15 is 0 Å². The predicted octanol–water partition coefficient (Wildman–Crippen LogP) is 1.71. The quantitative estimate of drug-likeness (QED) is 0.287. The van der Waals surface area contributed by atoms with Crippen molar-refractivity contribution >= 4 is 17.6 Å². The molecular weight excluding hydrogens is 398 g/mol. The van der Waals surface area contributed by atoms with Crippen molar-refractivity contribution < 1.29 is 14.3 Å². The summed E-state index contributed by atoms with van der Waals surface area (Å²) in [5, 5.41) is 16.3. The number of amides is 1. The van der Waals surface area contributed by atoms with E-state index in [1.54, 1.807) is 29.1 Å². The van der Waals surface area contributed by atoms with Crippen LogP contribution in [0.1, 0.15) is 33.8 Å². The van der Waals surface area contributed by atoms with Crippen molar-refractivity contribution in [3.63, 3.8) is 0 Å². The summed E-state index contributed by atoms with van der Waals surface area (Å²) in [5.74, 6) is 5.10. The van der Waals surface area contributed by atoms with Crippen molar-refractivity contribution in [3.05, 3.63) is 48.2 Å². The Morgan fingerprint density at radius 1 is 1.26 bits per heavy atom. The number of esters is 1. The van der Waals surface area contributed by atoms with E-state index in [9.17, 15) is 9.59 Å². The number of aromatic nitrogens is 5. The van der Waals surface area contributed by atoms with Crippen molar-refractivity contribution in [2.24, 2.45) is 0 Å². The number of aromatic amines is 1. The van der Waals surface area contributed by atoms with Gasteiger partial charge in [-0.05, 0) is 32.1 Å². The Kier molecular flexibility index (Phi) is 7.50. The maximum atomic E-state index is 12.6. The van der Waals surface area contributed by atoms with Crippen LogP contribution in [0.4, 0.5) is 5.69 Å². The smallest absolute Gasteiger partial charge is 0.358 e. The normalized spacial score (nSPS) is 10.3. The second-order valence-electron chi connectivity index (χ2n) is 6.50. The molecule has 0 saturated heterocycles. The average Bonchev–Trinajstić information content (AvgIpc) is 3.45. The van der Waals surface area contributed by atoms with Crippen LogP contribution in [0.2, 0.25) is 0 Å². The van der Waals surface area contributed by atoms with E-state index in [4.69, 9.17) is 0 Å². The van der Waals surface area contributed by atoms with E-state index in [0.29, 0.717) is 12.2 Å². The van der Waals surface area contributed by atoms with E-state index < -0.39 is 11.9 Å². The van der Waals surface area contributed by atoms with Crippen molar-refractivity contribution in [3.8, 4) is 23.1 Å². The maximum Gasteiger partial charge on any atom is 0.358 e. The molecule has 31 heavy (non-hydrogen) atoms. The lowest BCUT2D eigenvalue weighted by Gasteiger charge is -2.05. The summed E-state index contributed by atoms with van der Waals surface area (Å²) in [6, 6.07) is 5.10. The zero-order valence-electron chi connectivity index (χ0n) is 17.3. The second-order valence-corrected chi connectivity index (χ2v) is 6.50. The van der Waals surface area contributed by atoms with Crippen LogP contribution >= 0.6 is 0 Å². The lowest BCUT2D eigenvalue weighted by molar-refractivity contribution is 0.0595. The number of unbranched alkanes of at least 4 members (excludes halogenated alkanes) is 1. The van der Waals surface area contributed by atoms with Crippen LogP contribution in [0.25, 0.3) is 11.3 Å². The Hall–Kier alpha value is -3.97. The van der Waals surface area contributed by atoms with Gasteiger partial charge in [0.25, 0.3) is 5.91 Å². The van der Waals surface area contributed by atoms with Gasteiger partial charge in [-0.15, -0.1) is 5.92 Å². The van der Waals surface area contributed by atoms with Gasteiger partial charge in [0.1, 0.15) is 12.2 Å². The molecule has 0 atom stereocenters. The van der Waals surface area contributed by atoms with Gasteiger partial charge in [-0.1, -0.05) is 12.0 Å². The van der Waals surface area contributed by atoms with Gasteiger partial charge in [-0.25, -0.2) is 9.78 Å². The Bertz CT molecular complexity index is 1110. The first-order chi connectivity index (χ1) is 15.1. The molecule has 0 fully saturated rings. The minimum absolute atomic E-state index is 0.0559. The van der Waals surface area contributed by atoms with Crippen LogP contribution in [0.3, 0.4) is 0 Å². The van der Waals surface area contributed by atoms with Crippen molar-refractivity contribution in [2.45, 2.75) is 19.4 Å². The molecule has 0 aliphatic rings. The molecule has 0 bridgehead atoms. The summed E-state index contributed by atoms with van der Waals surface area (Å²) < 4.78 is 6.38. The number of methoxy groups -OCH3 is 1. The van der Waals surface area contributed by atoms with Gasteiger partial charge < -0.3 is 15.4 Å². The monoisotopic (exact) mass is 421 g/mol. The third kappa shape index (κ3) is 5.77. The van der Waals surface area contributed by atoms with Gasteiger partial charge in [0.05, 0.1) is 30.9 Å². The van der Waals surface area contributed by atoms with Gasteiger partial charge >= 0.3 is 5.97 Å². The number of carbonyl (C=O) groups excluding carboxylic acids is 2. The molecule has 0 aliphatic heterocycles. The number of nitrogens with one attached hydrogen (secondary N) is 3. The molecule has 3 aromatic rings. The Morgan fingerprint density at radius 2 is 2.13 bits per heavy atom. The van der Waals surface area contributed by atoms with Crippen LogP contribution in [0.5, 0.6) is 0 Å². The largest absolute Gasteiger partial charge is 0.464 e. The van der Waals surface area contributed by atoms with Crippen molar-refractivity contribution in [1.29, 1.82) is 0 Å². The third-order valence-corrected chi connectivity index (χ3v) is 4.28. The topological polar surface area (TPSA) is 127 Å². The summed E-state index contributed by atoms with van der Waals surface area (Å²) in [6.07, 6.45) is 6.68. The number of nitrogens with zero attached hydrogens (tertiary/aromatic N) is 4. The summed E-state index contributed by atoms with van der Waals surface area (Å²) >= 11 is 0. The highest BCUT2D eigenvalue weighted by Crippen LogP contribution is 2.18. The third-order valence-electron chi connectivity index (χ3n) is 4.28. The first kappa shape index (κ1) is 21.7. The minimum atomic E-state index is -0.632. The van der Waals surface area contributed by atoms with E-state index in [1.807, 2.05) is 13.2 Å². The number of ether oxygens (including phenoxy) is 1. The SMILES string of the molecule is CNCCCC#CCn1cc(-c2cccc(C(=O)Nc3cn[nH]c3C(=O)OC)n2)cn1. The molecular formula is C21H23N7O3. The fourth-order valence-electron chi connectivity index (χ4n) is 2.71. The van der Waals surface area contributed by atoms with Crippen molar-refractivity contribution in [1.82, 2.24) is 30.3 Å². The number of hydrogen-bond donors (Lipinski definition) is 3. The molecule has 3 N–H and O–H groups in total. The molecule has 10 heteroatoms. The molecule has 0 radical (unpaired) electrons. The molecule has 3 aromatic heterocycles. The highest BCUT2D eigenvalue weighted by Gasteiger charge is 2.18. The molecule has 0 unspecified atom stereocenters. The molecule has 0 saturated carbocycles. The van der Waals surface area contributed by atoms with Crippen molar-refractivity contribution in [2.75, 3.05) is 26.0 Å². The fraction of sp³-hybridized carbons (Fsp3) is 0.286. The van der Waals surface area contributed by atoms with Gasteiger partial charge in [0, 0.05) is 18.2 Å². The zero-order chi connectivity index (χ0) is 22.1. The van der Waals surface area contributed by atoms with Gasteiger partial charge in [0.15, 0.2) is 5.69 Å². The molecule has 3 heterocycles. The van der Waals surface area contributed by atoms with Gasteiger partial charge in [-0.2, -0.15) is 10.2 Å². The summed E-state index contributed by atoms with van der Waals surface area (Å²) in [5.41, 5.74) is 1.82. The van der Waals surface area contributed by atoms with Crippen LogP contribution in [-0.4, -0.2) is 57.5 Å². The van der Waals surface area contributed by atoms with Crippen LogP contribution in [0, 0.1) is 11.8 Å².